The van der Waals surface area contributed by atoms with Crippen LogP contribution in [0.2, 0.25) is 0 Å². The van der Waals surface area contributed by atoms with Crippen molar-refractivity contribution < 1.29 is 4.74 Å². The van der Waals surface area contributed by atoms with E-state index >= 15 is 0 Å². The minimum atomic E-state index is 0.520. The molecule has 1 rings (SSSR count). The Kier molecular flexibility index (Phi) is 5.49. The largest absolute Gasteiger partial charge is 0.378 e. The number of nitrogens with two attached hydrogens (primary N) is 1. The first-order valence-corrected chi connectivity index (χ1v) is 6.04. The molecular weight excluding hydrogens is 174 g/mol. The second kappa shape index (κ2) is 6.41. The van der Waals surface area contributed by atoms with E-state index in [1.165, 1.54) is 19.3 Å². The average molecular weight is 199 g/mol. The lowest BCUT2D eigenvalue weighted by atomic mass is 9.82. The fourth-order valence-electron chi connectivity index (χ4n) is 2.51. The molecule has 0 aromatic carbocycles. The lowest BCUT2D eigenvalue weighted by molar-refractivity contribution is -0.000289. The number of ether oxygens (including phenoxy) is 1. The summed E-state index contributed by atoms with van der Waals surface area (Å²) in [6.45, 7) is 6.37. The first-order valence-electron chi connectivity index (χ1n) is 6.04. The third-order valence-corrected chi connectivity index (χ3v) is 3.09. The Balaban J connectivity index is 2.10. The molecule has 84 valence electrons. The van der Waals surface area contributed by atoms with Crippen LogP contribution < -0.4 is 5.73 Å². The van der Waals surface area contributed by atoms with Crippen LogP contribution >= 0.6 is 0 Å². The molecule has 2 atom stereocenters. The van der Waals surface area contributed by atoms with E-state index in [1.807, 2.05) is 0 Å². The Bertz CT molecular complexity index is 139. The molecule has 0 aromatic rings. The monoisotopic (exact) mass is 199 g/mol. The highest BCUT2D eigenvalue weighted by molar-refractivity contribution is 4.75. The van der Waals surface area contributed by atoms with Crippen molar-refractivity contribution in [3.05, 3.63) is 0 Å². The highest BCUT2D eigenvalue weighted by Gasteiger charge is 2.23. The Labute approximate surface area is 88.2 Å². The minimum absolute atomic E-state index is 0.520. The number of hydrogen-bond donors (Lipinski definition) is 1. The van der Waals surface area contributed by atoms with Crippen LogP contribution in [-0.2, 0) is 4.74 Å². The summed E-state index contributed by atoms with van der Waals surface area (Å²) in [6, 6.07) is 0. The van der Waals surface area contributed by atoms with Crippen LogP contribution in [0.1, 0.15) is 46.0 Å². The van der Waals surface area contributed by atoms with Gasteiger partial charge < -0.3 is 10.5 Å². The second-order valence-corrected chi connectivity index (χ2v) is 4.91. The van der Waals surface area contributed by atoms with Crippen molar-refractivity contribution in [2.24, 2.45) is 17.6 Å². The van der Waals surface area contributed by atoms with Gasteiger partial charge in [-0.3, -0.25) is 0 Å². The van der Waals surface area contributed by atoms with E-state index in [0.717, 1.165) is 37.8 Å². The van der Waals surface area contributed by atoms with Gasteiger partial charge in [0.1, 0.15) is 0 Å². The van der Waals surface area contributed by atoms with E-state index in [9.17, 15) is 0 Å². The Morgan fingerprint density at radius 3 is 2.29 bits per heavy atom. The van der Waals surface area contributed by atoms with E-state index < -0.39 is 0 Å². The maximum absolute atomic E-state index is 5.87. The van der Waals surface area contributed by atoms with Gasteiger partial charge in [0.15, 0.2) is 0 Å². The lowest BCUT2D eigenvalue weighted by Gasteiger charge is -2.31. The van der Waals surface area contributed by atoms with Crippen LogP contribution in [0.5, 0.6) is 0 Å². The normalized spacial score (nSPS) is 33.2. The smallest absolute Gasteiger partial charge is 0.0580 e. The summed E-state index contributed by atoms with van der Waals surface area (Å²) in [5, 5.41) is 0. The molecule has 1 saturated carbocycles. The molecule has 1 aliphatic rings. The molecule has 0 saturated heterocycles. The van der Waals surface area contributed by atoms with Gasteiger partial charge >= 0.3 is 0 Å². The van der Waals surface area contributed by atoms with Crippen molar-refractivity contribution in [3.63, 3.8) is 0 Å². The quantitative estimate of drug-likeness (QED) is 0.691. The van der Waals surface area contributed by atoms with Crippen LogP contribution in [0.25, 0.3) is 0 Å². The highest BCUT2D eigenvalue weighted by atomic mass is 16.5. The summed E-state index contributed by atoms with van der Waals surface area (Å²) >= 11 is 0. The van der Waals surface area contributed by atoms with Crippen molar-refractivity contribution in [1.29, 1.82) is 0 Å². The number of rotatable bonds is 5. The number of unbranched alkanes of at least 4 members (excludes halogenated alkanes) is 1. The predicted molar refractivity (Wildman–Crippen MR) is 60.2 cm³/mol. The van der Waals surface area contributed by atoms with Crippen molar-refractivity contribution in [3.8, 4) is 0 Å². The SMILES string of the molecule is CC1CC(C)CC(OCCCCN)C1. The first-order chi connectivity index (χ1) is 6.72. The van der Waals surface area contributed by atoms with E-state index in [0.29, 0.717) is 6.10 Å². The zero-order valence-electron chi connectivity index (χ0n) is 9.67. The molecule has 0 bridgehead atoms. The second-order valence-electron chi connectivity index (χ2n) is 4.91. The molecular formula is C12H25NO. The fourth-order valence-corrected chi connectivity index (χ4v) is 2.51. The van der Waals surface area contributed by atoms with E-state index in [4.69, 9.17) is 10.5 Å². The number of hydrogen-bond acceptors (Lipinski definition) is 2. The van der Waals surface area contributed by atoms with Crippen molar-refractivity contribution in [2.75, 3.05) is 13.2 Å². The summed E-state index contributed by atoms with van der Waals surface area (Å²) in [7, 11) is 0. The molecule has 2 nitrogen and oxygen atoms in total. The van der Waals surface area contributed by atoms with Gasteiger partial charge in [-0.1, -0.05) is 13.8 Å². The van der Waals surface area contributed by atoms with Crippen molar-refractivity contribution in [2.45, 2.75) is 52.1 Å². The average Bonchev–Trinajstić information content (AvgIpc) is 2.11. The maximum Gasteiger partial charge on any atom is 0.0580 e. The summed E-state index contributed by atoms with van der Waals surface area (Å²) in [4.78, 5) is 0. The van der Waals surface area contributed by atoms with Gasteiger partial charge in [-0.05, 0) is 50.5 Å². The zero-order valence-corrected chi connectivity index (χ0v) is 9.67. The van der Waals surface area contributed by atoms with E-state index in [1.54, 1.807) is 0 Å². The lowest BCUT2D eigenvalue weighted by Crippen LogP contribution is -2.26. The fraction of sp³-hybridized carbons (Fsp3) is 1.00. The summed E-state index contributed by atoms with van der Waals surface area (Å²) in [5.74, 6) is 1.69. The third-order valence-electron chi connectivity index (χ3n) is 3.09. The van der Waals surface area contributed by atoms with Crippen molar-refractivity contribution in [1.82, 2.24) is 0 Å². The van der Waals surface area contributed by atoms with Gasteiger partial charge in [0.05, 0.1) is 6.10 Å². The van der Waals surface area contributed by atoms with Gasteiger partial charge in [-0.15, -0.1) is 0 Å². The molecule has 2 N–H and O–H groups in total. The Hall–Kier alpha value is -0.0800. The van der Waals surface area contributed by atoms with Gasteiger partial charge in [0.25, 0.3) is 0 Å². The standard InChI is InChI=1S/C12H25NO/c1-10-7-11(2)9-12(8-10)14-6-4-3-5-13/h10-12H,3-9,13H2,1-2H3. The summed E-state index contributed by atoms with van der Waals surface area (Å²) in [6.07, 6.45) is 6.63. The third kappa shape index (κ3) is 4.43. The van der Waals surface area contributed by atoms with Crippen LogP contribution in [0, 0.1) is 11.8 Å². The van der Waals surface area contributed by atoms with Gasteiger partial charge in [-0.25, -0.2) is 0 Å². The predicted octanol–water partition coefficient (Wildman–Crippen LogP) is 2.57. The Morgan fingerprint density at radius 1 is 1.07 bits per heavy atom. The van der Waals surface area contributed by atoms with Gasteiger partial charge in [0, 0.05) is 6.61 Å². The van der Waals surface area contributed by atoms with E-state index in [-0.39, 0.29) is 0 Å². The molecule has 0 aromatic heterocycles. The molecule has 0 radical (unpaired) electrons. The van der Waals surface area contributed by atoms with E-state index in [2.05, 4.69) is 13.8 Å². The molecule has 0 spiro atoms. The van der Waals surface area contributed by atoms with Crippen LogP contribution in [0.3, 0.4) is 0 Å². The molecule has 1 fully saturated rings. The first kappa shape index (κ1) is 12.0. The van der Waals surface area contributed by atoms with Crippen molar-refractivity contribution >= 4 is 0 Å². The maximum atomic E-state index is 5.87. The molecule has 0 amide bonds. The molecule has 2 heteroatoms. The molecule has 0 heterocycles. The highest BCUT2D eigenvalue weighted by Crippen LogP contribution is 2.30. The topological polar surface area (TPSA) is 35.2 Å². The summed E-state index contributed by atoms with van der Waals surface area (Å²) < 4.78 is 5.87. The van der Waals surface area contributed by atoms with Gasteiger partial charge in [-0.2, -0.15) is 0 Å². The molecule has 1 aliphatic carbocycles. The molecule has 14 heavy (non-hydrogen) atoms. The Morgan fingerprint density at radius 2 is 1.71 bits per heavy atom. The molecule has 0 aliphatic heterocycles. The van der Waals surface area contributed by atoms with Gasteiger partial charge in [0.2, 0.25) is 0 Å². The minimum Gasteiger partial charge on any atom is -0.378 e. The molecule has 2 unspecified atom stereocenters. The zero-order chi connectivity index (χ0) is 10.4. The van der Waals surface area contributed by atoms with Crippen LogP contribution in [-0.4, -0.2) is 19.3 Å². The summed E-state index contributed by atoms with van der Waals surface area (Å²) in [5.41, 5.74) is 5.44. The van der Waals surface area contributed by atoms with Crippen LogP contribution in [0.4, 0.5) is 0 Å². The van der Waals surface area contributed by atoms with Crippen LogP contribution in [0.15, 0.2) is 0 Å².